The number of carbonyl (C=O) groups excluding carboxylic acids is 1. The molecule has 156 valence electrons. The zero-order valence-electron chi connectivity index (χ0n) is 17.2. The Morgan fingerprint density at radius 1 is 0.968 bits per heavy atom. The van der Waals surface area contributed by atoms with Gasteiger partial charge in [-0.2, -0.15) is 0 Å². The van der Waals surface area contributed by atoms with Gasteiger partial charge in [-0.1, -0.05) is 18.2 Å². The van der Waals surface area contributed by atoms with E-state index >= 15 is 0 Å². The van der Waals surface area contributed by atoms with Gasteiger partial charge in [-0.15, -0.1) is 21.5 Å². The standard InChI is InChI=1S/C23H22N6OS/c1-16-8-9-24-21(14-16)25-20-6-7-22(27-26-20)28-10-12-29(13-11-28)23(30)19-15-17-4-2-3-5-18(17)31-19/h2-9,14-15H,10-13H2,1H3,(H,24,25,26). The van der Waals surface area contributed by atoms with E-state index in [1.54, 1.807) is 17.5 Å². The maximum Gasteiger partial charge on any atom is 0.264 e. The van der Waals surface area contributed by atoms with Crippen LogP contribution in [-0.2, 0) is 0 Å². The van der Waals surface area contributed by atoms with E-state index in [2.05, 4.69) is 31.5 Å². The molecule has 0 spiro atoms. The van der Waals surface area contributed by atoms with Gasteiger partial charge in [0.1, 0.15) is 5.82 Å². The smallest absolute Gasteiger partial charge is 0.264 e. The lowest BCUT2D eigenvalue weighted by atomic mass is 10.2. The topological polar surface area (TPSA) is 74.2 Å². The van der Waals surface area contributed by atoms with Crippen molar-refractivity contribution in [1.29, 1.82) is 0 Å². The molecule has 0 saturated carbocycles. The number of nitrogens with one attached hydrogen (secondary N) is 1. The van der Waals surface area contributed by atoms with Gasteiger partial charge in [0.25, 0.3) is 5.91 Å². The summed E-state index contributed by atoms with van der Waals surface area (Å²) in [5.41, 5.74) is 1.13. The number of nitrogens with zero attached hydrogens (tertiary/aromatic N) is 5. The number of fused-ring (bicyclic) bond motifs is 1. The highest BCUT2D eigenvalue weighted by Gasteiger charge is 2.24. The molecule has 4 heterocycles. The first-order valence-corrected chi connectivity index (χ1v) is 11.0. The molecule has 31 heavy (non-hydrogen) atoms. The van der Waals surface area contributed by atoms with Crippen LogP contribution in [0.25, 0.3) is 10.1 Å². The van der Waals surface area contributed by atoms with Crippen molar-refractivity contribution < 1.29 is 4.79 Å². The van der Waals surface area contributed by atoms with E-state index in [9.17, 15) is 4.79 Å². The van der Waals surface area contributed by atoms with Crippen molar-refractivity contribution in [3.63, 3.8) is 0 Å². The lowest BCUT2D eigenvalue weighted by Gasteiger charge is -2.35. The number of hydrogen-bond donors (Lipinski definition) is 1. The molecule has 0 unspecified atom stereocenters. The lowest BCUT2D eigenvalue weighted by molar-refractivity contribution is 0.0751. The molecule has 0 aliphatic carbocycles. The second-order valence-electron chi connectivity index (χ2n) is 7.55. The maximum atomic E-state index is 12.9. The fraction of sp³-hybridized carbons (Fsp3) is 0.217. The average molecular weight is 431 g/mol. The second-order valence-corrected chi connectivity index (χ2v) is 8.63. The summed E-state index contributed by atoms with van der Waals surface area (Å²) in [5.74, 6) is 2.32. The molecule has 1 N–H and O–H groups in total. The summed E-state index contributed by atoms with van der Waals surface area (Å²) in [5, 5.41) is 12.9. The molecular formula is C23H22N6OS. The molecule has 4 aromatic rings. The van der Waals surface area contributed by atoms with Crippen LogP contribution in [-0.4, -0.2) is 52.2 Å². The van der Waals surface area contributed by atoms with Crippen LogP contribution < -0.4 is 10.2 Å². The van der Waals surface area contributed by atoms with Crippen LogP contribution in [0.15, 0.2) is 60.8 Å². The number of carbonyl (C=O) groups is 1. The summed E-state index contributed by atoms with van der Waals surface area (Å²) < 4.78 is 1.15. The van der Waals surface area contributed by atoms with Gasteiger partial charge < -0.3 is 15.1 Å². The normalized spacial score (nSPS) is 14.1. The third kappa shape index (κ3) is 4.20. The average Bonchev–Trinajstić information content (AvgIpc) is 3.24. The van der Waals surface area contributed by atoms with Crippen LogP contribution in [0.2, 0.25) is 0 Å². The summed E-state index contributed by atoms with van der Waals surface area (Å²) in [6, 6.07) is 17.9. The van der Waals surface area contributed by atoms with Crippen molar-refractivity contribution in [2.45, 2.75) is 6.92 Å². The van der Waals surface area contributed by atoms with Crippen LogP contribution >= 0.6 is 11.3 Å². The number of aryl methyl sites for hydroxylation is 1. The van der Waals surface area contributed by atoms with E-state index in [4.69, 9.17) is 0 Å². The van der Waals surface area contributed by atoms with Crippen LogP contribution in [0, 0.1) is 6.92 Å². The second kappa shape index (κ2) is 8.31. The molecule has 1 fully saturated rings. The fourth-order valence-corrected chi connectivity index (χ4v) is 4.71. The quantitative estimate of drug-likeness (QED) is 0.525. The number of rotatable bonds is 4. The number of pyridine rings is 1. The maximum absolute atomic E-state index is 12.9. The summed E-state index contributed by atoms with van der Waals surface area (Å²) in [7, 11) is 0. The van der Waals surface area contributed by atoms with Crippen molar-refractivity contribution in [2.75, 3.05) is 36.4 Å². The number of amides is 1. The third-order valence-electron chi connectivity index (χ3n) is 5.35. The van der Waals surface area contributed by atoms with E-state index in [-0.39, 0.29) is 5.91 Å². The highest BCUT2D eigenvalue weighted by atomic mass is 32.1. The Labute approximate surface area is 184 Å². The zero-order chi connectivity index (χ0) is 21.2. The minimum absolute atomic E-state index is 0.108. The van der Waals surface area contributed by atoms with Gasteiger partial charge in [0.2, 0.25) is 0 Å². The Morgan fingerprint density at radius 3 is 2.55 bits per heavy atom. The molecule has 0 atom stereocenters. The molecule has 3 aromatic heterocycles. The van der Waals surface area contributed by atoms with E-state index in [1.165, 1.54) is 0 Å². The Morgan fingerprint density at radius 2 is 1.81 bits per heavy atom. The molecule has 1 aliphatic rings. The van der Waals surface area contributed by atoms with Crippen LogP contribution in [0.4, 0.5) is 17.5 Å². The predicted octanol–water partition coefficient (Wildman–Crippen LogP) is 4.10. The number of hydrogen-bond acceptors (Lipinski definition) is 7. The first-order valence-electron chi connectivity index (χ1n) is 10.2. The molecule has 1 aliphatic heterocycles. The van der Waals surface area contributed by atoms with Gasteiger partial charge in [0.05, 0.1) is 4.88 Å². The first kappa shape index (κ1) is 19.4. The number of benzene rings is 1. The van der Waals surface area contributed by atoms with Gasteiger partial charge >= 0.3 is 0 Å². The van der Waals surface area contributed by atoms with E-state index in [1.807, 2.05) is 60.4 Å². The summed E-state index contributed by atoms with van der Waals surface area (Å²) >= 11 is 1.56. The molecule has 0 radical (unpaired) electrons. The molecule has 5 rings (SSSR count). The van der Waals surface area contributed by atoms with E-state index in [0.717, 1.165) is 45.3 Å². The van der Waals surface area contributed by atoms with Gasteiger partial charge in [-0.05, 0) is 54.3 Å². The molecular weight excluding hydrogens is 408 g/mol. The largest absolute Gasteiger partial charge is 0.352 e. The minimum atomic E-state index is 0.108. The van der Waals surface area contributed by atoms with Gasteiger partial charge in [0, 0.05) is 37.1 Å². The van der Waals surface area contributed by atoms with Crippen molar-refractivity contribution in [3.05, 3.63) is 71.2 Å². The molecule has 1 amide bonds. The monoisotopic (exact) mass is 430 g/mol. The van der Waals surface area contributed by atoms with Gasteiger partial charge in [-0.25, -0.2) is 4.98 Å². The van der Waals surface area contributed by atoms with Crippen LogP contribution in [0.5, 0.6) is 0 Å². The van der Waals surface area contributed by atoms with E-state index < -0.39 is 0 Å². The highest BCUT2D eigenvalue weighted by Crippen LogP contribution is 2.27. The zero-order valence-corrected chi connectivity index (χ0v) is 18.0. The van der Waals surface area contributed by atoms with Crippen molar-refractivity contribution in [1.82, 2.24) is 20.1 Å². The van der Waals surface area contributed by atoms with Crippen molar-refractivity contribution in [3.8, 4) is 0 Å². The van der Waals surface area contributed by atoms with Crippen LogP contribution in [0.3, 0.4) is 0 Å². The summed E-state index contributed by atoms with van der Waals surface area (Å²) in [6.45, 7) is 4.83. The third-order valence-corrected chi connectivity index (χ3v) is 6.45. The minimum Gasteiger partial charge on any atom is -0.352 e. The molecule has 0 bridgehead atoms. The van der Waals surface area contributed by atoms with Crippen LogP contribution in [0.1, 0.15) is 15.2 Å². The van der Waals surface area contributed by atoms with Gasteiger partial charge in [0.15, 0.2) is 11.6 Å². The SMILES string of the molecule is Cc1ccnc(Nc2ccc(N3CCN(C(=O)c4cc5ccccc5s4)CC3)nn2)c1. The molecule has 1 aromatic carbocycles. The van der Waals surface area contributed by atoms with Crippen molar-refractivity contribution in [2.24, 2.45) is 0 Å². The Bertz CT molecular complexity index is 1180. The highest BCUT2D eigenvalue weighted by molar-refractivity contribution is 7.20. The number of piperazine rings is 1. The molecule has 8 heteroatoms. The fourth-order valence-electron chi connectivity index (χ4n) is 3.68. The van der Waals surface area contributed by atoms with Gasteiger partial charge in [-0.3, -0.25) is 4.79 Å². The number of aromatic nitrogens is 3. The molecule has 1 saturated heterocycles. The van der Waals surface area contributed by atoms with E-state index in [0.29, 0.717) is 18.9 Å². The summed E-state index contributed by atoms with van der Waals surface area (Å²) in [4.78, 5) is 22.1. The first-order chi connectivity index (χ1) is 15.2. The Kier molecular flexibility index (Phi) is 5.21. The Balaban J connectivity index is 1.20. The predicted molar refractivity (Wildman–Crippen MR) is 124 cm³/mol. The summed E-state index contributed by atoms with van der Waals surface area (Å²) in [6.07, 6.45) is 1.76. The lowest BCUT2D eigenvalue weighted by Crippen LogP contribution is -2.48. The number of anilines is 3. The number of thiophene rings is 1. The van der Waals surface area contributed by atoms with Crippen molar-refractivity contribution >= 4 is 44.8 Å². The Hall–Kier alpha value is -3.52. The molecule has 7 nitrogen and oxygen atoms in total.